The fourth-order valence-electron chi connectivity index (χ4n) is 2.18. The number of fused-ring (bicyclic) bond motifs is 1. The van der Waals surface area contributed by atoms with Crippen LogP contribution in [0.1, 0.15) is 23.6 Å². The molecule has 0 radical (unpaired) electrons. The molecule has 3 heterocycles. The summed E-state index contributed by atoms with van der Waals surface area (Å²) in [5.41, 5.74) is 1.16. The molecular weight excluding hydrogens is 204 g/mol. The molecule has 0 bridgehead atoms. The van der Waals surface area contributed by atoms with Crippen molar-refractivity contribution in [2.75, 3.05) is 13.1 Å². The van der Waals surface area contributed by atoms with Crippen molar-refractivity contribution >= 4 is 21.6 Å². The molecule has 2 nitrogen and oxygen atoms in total. The van der Waals surface area contributed by atoms with Crippen LogP contribution in [0.25, 0.3) is 10.2 Å². The Labute approximate surface area is 93.3 Å². The Balaban J connectivity index is 1.96. The van der Waals surface area contributed by atoms with Crippen molar-refractivity contribution in [3.05, 3.63) is 29.3 Å². The minimum absolute atomic E-state index is 0.706. The summed E-state index contributed by atoms with van der Waals surface area (Å²) in [6.07, 6.45) is 4.49. The quantitative estimate of drug-likeness (QED) is 0.796. The summed E-state index contributed by atoms with van der Waals surface area (Å²) in [7, 11) is 0. The second-order valence-corrected chi connectivity index (χ2v) is 5.19. The molecule has 0 aliphatic carbocycles. The Morgan fingerprint density at radius 3 is 3.27 bits per heavy atom. The highest BCUT2D eigenvalue weighted by Gasteiger charge is 2.17. The first-order valence-electron chi connectivity index (χ1n) is 5.49. The molecule has 15 heavy (non-hydrogen) atoms. The van der Waals surface area contributed by atoms with E-state index in [9.17, 15) is 0 Å². The van der Waals surface area contributed by atoms with Crippen molar-refractivity contribution in [2.45, 2.75) is 18.8 Å². The number of pyridine rings is 1. The van der Waals surface area contributed by atoms with E-state index in [-0.39, 0.29) is 0 Å². The number of hydrogen-bond donors (Lipinski definition) is 1. The van der Waals surface area contributed by atoms with E-state index in [0.717, 1.165) is 12.1 Å². The van der Waals surface area contributed by atoms with Gasteiger partial charge in [0.05, 0.1) is 10.2 Å². The van der Waals surface area contributed by atoms with Crippen molar-refractivity contribution in [1.82, 2.24) is 10.3 Å². The molecule has 78 valence electrons. The molecule has 1 unspecified atom stereocenters. The lowest BCUT2D eigenvalue weighted by Gasteiger charge is -2.21. The largest absolute Gasteiger partial charge is 0.316 e. The Hall–Kier alpha value is -0.930. The summed E-state index contributed by atoms with van der Waals surface area (Å²) >= 11 is 1.90. The summed E-state index contributed by atoms with van der Waals surface area (Å²) in [4.78, 5) is 5.88. The van der Waals surface area contributed by atoms with Gasteiger partial charge in [0.1, 0.15) is 0 Å². The summed E-state index contributed by atoms with van der Waals surface area (Å²) in [5, 5.41) is 3.46. The zero-order chi connectivity index (χ0) is 10.1. The molecule has 3 rings (SSSR count). The van der Waals surface area contributed by atoms with Gasteiger partial charge in [-0.15, -0.1) is 11.3 Å². The number of piperidine rings is 1. The average Bonchev–Trinajstić information content (AvgIpc) is 2.74. The predicted octanol–water partition coefficient (Wildman–Crippen LogP) is 2.76. The van der Waals surface area contributed by atoms with Gasteiger partial charge in [0.25, 0.3) is 0 Å². The fraction of sp³-hybridized carbons (Fsp3) is 0.417. The van der Waals surface area contributed by atoms with E-state index in [2.05, 4.69) is 22.4 Å². The molecule has 0 aromatic carbocycles. The van der Waals surface area contributed by atoms with E-state index in [1.165, 1.54) is 29.0 Å². The minimum atomic E-state index is 0.706. The van der Waals surface area contributed by atoms with Crippen LogP contribution >= 0.6 is 11.3 Å². The van der Waals surface area contributed by atoms with E-state index in [1.807, 2.05) is 23.6 Å². The molecule has 1 atom stereocenters. The van der Waals surface area contributed by atoms with E-state index < -0.39 is 0 Å². The lowest BCUT2D eigenvalue weighted by Crippen LogP contribution is -2.27. The van der Waals surface area contributed by atoms with Crippen LogP contribution in [0.5, 0.6) is 0 Å². The van der Waals surface area contributed by atoms with Crippen LogP contribution in [-0.2, 0) is 0 Å². The molecule has 1 aliphatic rings. The minimum Gasteiger partial charge on any atom is -0.316 e. The third-order valence-corrected chi connectivity index (χ3v) is 4.26. The molecule has 1 saturated heterocycles. The lowest BCUT2D eigenvalue weighted by molar-refractivity contribution is 0.466. The standard InChI is InChI=1S/C12H14N2S/c1-3-9(8-13-5-1)12-7-10-11(15-12)4-2-6-14-10/h2,4,6-7,9,13H,1,3,5,8H2. The van der Waals surface area contributed by atoms with E-state index >= 15 is 0 Å². The highest BCUT2D eigenvalue weighted by Crippen LogP contribution is 2.32. The van der Waals surface area contributed by atoms with Crippen molar-refractivity contribution in [2.24, 2.45) is 0 Å². The Morgan fingerprint density at radius 1 is 1.47 bits per heavy atom. The third kappa shape index (κ3) is 1.77. The fourth-order valence-corrected chi connectivity index (χ4v) is 3.34. The van der Waals surface area contributed by atoms with Gasteiger partial charge in [-0.05, 0) is 37.6 Å². The van der Waals surface area contributed by atoms with Gasteiger partial charge in [-0.1, -0.05) is 0 Å². The van der Waals surface area contributed by atoms with Crippen LogP contribution < -0.4 is 5.32 Å². The first-order valence-corrected chi connectivity index (χ1v) is 6.30. The highest BCUT2D eigenvalue weighted by atomic mass is 32.1. The van der Waals surface area contributed by atoms with Gasteiger partial charge in [0, 0.05) is 23.5 Å². The number of nitrogens with one attached hydrogen (secondary N) is 1. The third-order valence-electron chi connectivity index (χ3n) is 3.01. The lowest BCUT2D eigenvalue weighted by atomic mass is 9.98. The molecular formula is C12H14N2S. The van der Waals surface area contributed by atoms with Crippen molar-refractivity contribution in [3.8, 4) is 0 Å². The second-order valence-electron chi connectivity index (χ2n) is 4.08. The SMILES string of the molecule is c1cnc2cc(C3CCCNC3)sc2c1. The maximum absolute atomic E-state index is 4.39. The first kappa shape index (κ1) is 9.31. The smallest absolute Gasteiger partial charge is 0.0812 e. The molecule has 0 saturated carbocycles. The Kier molecular flexibility index (Phi) is 2.43. The monoisotopic (exact) mass is 218 g/mol. The van der Waals surface area contributed by atoms with Crippen LogP contribution in [0.15, 0.2) is 24.4 Å². The summed E-state index contributed by atoms with van der Waals surface area (Å²) in [6.45, 7) is 2.31. The van der Waals surface area contributed by atoms with Gasteiger partial charge >= 0.3 is 0 Å². The average molecular weight is 218 g/mol. The van der Waals surface area contributed by atoms with Gasteiger partial charge in [0.2, 0.25) is 0 Å². The topological polar surface area (TPSA) is 24.9 Å². The van der Waals surface area contributed by atoms with Gasteiger partial charge < -0.3 is 5.32 Å². The molecule has 3 heteroatoms. The second kappa shape index (κ2) is 3.91. The zero-order valence-corrected chi connectivity index (χ0v) is 9.39. The molecule has 0 amide bonds. The summed E-state index contributed by atoms with van der Waals surface area (Å²) in [6, 6.07) is 6.44. The molecule has 1 aliphatic heterocycles. The summed E-state index contributed by atoms with van der Waals surface area (Å²) in [5.74, 6) is 0.706. The van der Waals surface area contributed by atoms with E-state index in [0.29, 0.717) is 5.92 Å². The van der Waals surface area contributed by atoms with E-state index in [4.69, 9.17) is 0 Å². The molecule has 0 spiro atoms. The van der Waals surface area contributed by atoms with Crippen molar-refractivity contribution < 1.29 is 0 Å². The van der Waals surface area contributed by atoms with E-state index in [1.54, 1.807) is 0 Å². The first-order chi connectivity index (χ1) is 7.43. The van der Waals surface area contributed by atoms with Gasteiger partial charge in [-0.25, -0.2) is 0 Å². The van der Waals surface area contributed by atoms with Crippen LogP contribution in [0.4, 0.5) is 0 Å². The van der Waals surface area contributed by atoms with Gasteiger partial charge in [-0.2, -0.15) is 0 Å². The van der Waals surface area contributed by atoms with Crippen LogP contribution in [0, 0.1) is 0 Å². The Morgan fingerprint density at radius 2 is 2.47 bits per heavy atom. The number of hydrogen-bond acceptors (Lipinski definition) is 3. The van der Waals surface area contributed by atoms with Gasteiger partial charge in [0.15, 0.2) is 0 Å². The maximum Gasteiger partial charge on any atom is 0.0812 e. The summed E-state index contributed by atoms with van der Waals surface area (Å²) < 4.78 is 1.32. The van der Waals surface area contributed by atoms with Gasteiger partial charge in [-0.3, -0.25) is 4.98 Å². The number of thiophene rings is 1. The number of aromatic nitrogens is 1. The maximum atomic E-state index is 4.39. The molecule has 2 aromatic heterocycles. The highest BCUT2D eigenvalue weighted by molar-refractivity contribution is 7.19. The number of rotatable bonds is 1. The zero-order valence-electron chi connectivity index (χ0n) is 8.57. The molecule has 2 aromatic rings. The normalized spacial score (nSPS) is 22.0. The van der Waals surface area contributed by atoms with Crippen molar-refractivity contribution in [3.63, 3.8) is 0 Å². The van der Waals surface area contributed by atoms with Crippen LogP contribution in [0.3, 0.4) is 0 Å². The van der Waals surface area contributed by atoms with Crippen molar-refractivity contribution in [1.29, 1.82) is 0 Å². The molecule has 1 fully saturated rings. The van der Waals surface area contributed by atoms with Crippen LogP contribution in [-0.4, -0.2) is 18.1 Å². The molecule has 1 N–H and O–H groups in total. The predicted molar refractivity (Wildman–Crippen MR) is 64.5 cm³/mol. The number of nitrogens with zero attached hydrogens (tertiary/aromatic N) is 1. The van der Waals surface area contributed by atoms with Crippen LogP contribution in [0.2, 0.25) is 0 Å². The Bertz CT molecular complexity index is 424.